The van der Waals surface area contributed by atoms with Gasteiger partial charge in [0, 0.05) is 51.0 Å². The summed E-state index contributed by atoms with van der Waals surface area (Å²) in [5.41, 5.74) is 0.530. The molecule has 11 nitrogen and oxygen atoms in total. The average Bonchev–Trinajstić information content (AvgIpc) is 3.05. The lowest BCUT2D eigenvalue weighted by molar-refractivity contribution is -0.132. The number of methoxy groups -OCH3 is 2. The number of rotatable bonds is 15. The van der Waals surface area contributed by atoms with Crippen LogP contribution >= 0.6 is 0 Å². The van der Waals surface area contributed by atoms with Crippen LogP contribution in [0.15, 0.2) is 42.5 Å². The predicted molar refractivity (Wildman–Crippen MR) is 175 cm³/mol. The largest absolute Gasteiger partial charge is 0.390 e. The van der Waals surface area contributed by atoms with Crippen LogP contribution < -0.4 is 16.0 Å². The van der Waals surface area contributed by atoms with Crippen LogP contribution in [0.4, 0.5) is 8.78 Å². The molecule has 2 unspecified atom stereocenters. The molecular weight excluding hydrogens is 626 g/mol. The summed E-state index contributed by atoms with van der Waals surface area (Å²) in [4.78, 5) is 54.0. The summed E-state index contributed by atoms with van der Waals surface area (Å²) in [6.07, 6.45) is -0.548. The molecule has 0 saturated heterocycles. The molecule has 2 aromatic carbocycles. The second-order valence-electron chi connectivity index (χ2n) is 12.7. The summed E-state index contributed by atoms with van der Waals surface area (Å²) in [6.45, 7) is 5.82. The van der Waals surface area contributed by atoms with E-state index >= 15 is 0 Å². The van der Waals surface area contributed by atoms with Gasteiger partial charge in [0.05, 0.1) is 30.8 Å². The van der Waals surface area contributed by atoms with Crippen LogP contribution in [0, 0.1) is 17.6 Å². The van der Waals surface area contributed by atoms with Crippen molar-refractivity contribution in [3.05, 3.63) is 70.8 Å². The standard InChI is InChI=1S/C35H48F2N4O7/c1-7-41(4)35(46)23-10-8-9-22(14-23)33(44)39-29(13-21-11-24(36)15-25(37)12-21)30(42)19-31(43)40-32(20(2)3)34(45)38-26-16-27(47-5)18-28(17-26)48-6/h8-12,14-15,20,26-30,32,42H,7,13,16-19H2,1-6H3,(H,38,45)(H,39,44)(H,40,43)/t26?,27?,28?,29-,30+,32-/m0/s1. The van der Waals surface area contributed by atoms with Crippen molar-refractivity contribution < 1.29 is 42.5 Å². The Hall–Kier alpha value is -3.94. The molecule has 264 valence electrons. The summed E-state index contributed by atoms with van der Waals surface area (Å²) in [7, 11) is 4.84. The summed E-state index contributed by atoms with van der Waals surface area (Å²) < 4.78 is 39.1. The summed E-state index contributed by atoms with van der Waals surface area (Å²) in [5.74, 6) is -4.01. The van der Waals surface area contributed by atoms with E-state index in [1.807, 2.05) is 6.92 Å². The van der Waals surface area contributed by atoms with Gasteiger partial charge in [0.15, 0.2) is 0 Å². The van der Waals surface area contributed by atoms with Crippen LogP contribution in [0.25, 0.3) is 0 Å². The Labute approximate surface area is 280 Å². The number of hydrogen-bond acceptors (Lipinski definition) is 7. The van der Waals surface area contributed by atoms with Gasteiger partial charge in [0.2, 0.25) is 11.8 Å². The fraction of sp³-hybridized carbons (Fsp3) is 0.543. The second-order valence-corrected chi connectivity index (χ2v) is 12.7. The van der Waals surface area contributed by atoms with E-state index in [-0.39, 0.29) is 53.2 Å². The van der Waals surface area contributed by atoms with Crippen LogP contribution in [0.3, 0.4) is 0 Å². The first-order valence-corrected chi connectivity index (χ1v) is 16.2. The molecule has 0 radical (unpaired) electrons. The third-order valence-corrected chi connectivity index (χ3v) is 8.65. The smallest absolute Gasteiger partial charge is 0.253 e. The Morgan fingerprint density at radius 2 is 1.54 bits per heavy atom. The number of benzene rings is 2. The highest BCUT2D eigenvalue weighted by molar-refractivity contribution is 5.99. The molecule has 0 heterocycles. The van der Waals surface area contributed by atoms with Crippen LogP contribution in [0.1, 0.15) is 72.7 Å². The third kappa shape index (κ3) is 11.1. The minimum absolute atomic E-state index is 0.0874. The molecule has 1 fully saturated rings. The highest BCUT2D eigenvalue weighted by atomic mass is 19.1. The van der Waals surface area contributed by atoms with E-state index in [9.17, 15) is 33.1 Å². The van der Waals surface area contributed by atoms with E-state index in [0.29, 0.717) is 31.9 Å². The molecular formula is C35H48F2N4O7. The second kappa shape index (κ2) is 18.0. The van der Waals surface area contributed by atoms with Crippen molar-refractivity contribution in [2.24, 2.45) is 5.92 Å². The fourth-order valence-electron chi connectivity index (χ4n) is 5.78. The Bertz CT molecular complexity index is 1390. The molecule has 1 aliphatic carbocycles. The van der Waals surface area contributed by atoms with Gasteiger partial charge in [-0.15, -0.1) is 0 Å². The van der Waals surface area contributed by atoms with Gasteiger partial charge in [-0.1, -0.05) is 19.9 Å². The summed E-state index contributed by atoms with van der Waals surface area (Å²) in [5, 5.41) is 19.6. The molecule has 48 heavy (non-hydrogen) atoms. The van der Waals surface area contributed by atoms with Crippen molar-refractivity contribution in [2.75, 3.05) is 27.8 Å². The first kappa shape index (κ1) is 38.5. The van der Waals surface area contributed by atoms with E-state index in [2.05, 4.69) is 16.0 Å². The zero-order valence-corrected chi connectivity index (χ0v) is 28.4. The van der Waals surface area contributed by atoms with E-state index in [4.69, 9.17) is 9.47 Å². The van der Waals surface area contributed by atoms with Gasteiger partial charge in [-0.3, -0.25) is 19.2 Å². The van der Waals surface area contributed by atoms with E-state index in [0.717, 1.165) is 12.1 Å². The van der Waals surface area contributed by atoms with Crippen molar-refractivity contribution in [3.8, 4) is 0 Å². The van der Waals surface area contributed by atoms with Crippen LogP contribution in [-0.4, -0.2) is 97.9 Å². The number of carbonyl (C=O) groups is 4. The van der Waals surface area contributed by atoms with E-state index < -0.39 is 54.0 Å². The fourth-order valence-corrected chi connectivity index (χ4v) is 5.78. The van der Waals surface area contributed by atoms with E-state index in [1.165, 1.54) is 17.0 Å². The number of nitrogens with zero attached hydrogens (tertiary/aromatic N) is 1. The molecule has 2 aromatic rings. The molecule has 0 bridgehead atoms. The highest BCUT2D eigenvalue weighted by Gasteiger charge is 2.33. The van der Waals surface area contributed by atoms with Gasteiger partial charge < -0.3 is 35.4 Å². The van der Waals surface area contributed by atoms with Gasteiger partial charge in [0.1, 0.15) is 17.7 Å². The molecule has 1 saturated carbocycles. The van der Waals surface area contributed by atoms with Crippen molar-refractivity contribution in [2.45, 2.75) is 89.3 Å². The lowest BCUT2D eigenvalue weighted by Crippen LogP contribution is -2.55. The lowest BCUT2D eigenvalue weighted by atomic mass is 9.89. The van der Waals surface area contributed by atoms with Crippen molar-refractivity contribution in [1.82, 2.24) is 20.9 Å². The number of nitrogens with one attached hydrogen (secondary N) is 3. The highest BCUT2D eigenvalue weighted by Crippen LogP contribution is 2.24. The molecule has 4 N–H and O–H groups in total. The molecule has 3 rings (SSSR count). The van der Waals surface area contributed by atoms with Crippen LogP contribution in [-0.2, 0) is 25.5 Å². The van der Waals surface area contributed by atoms with Gasteiger partial charge >= 0.3 is 0 Å². The molecule has 0 spiro atoms. The Morgan fingerprint density at radius 3 is 2.10 bits per heavy atom. The Balaban J connectivity index is 1.76. The number of aliphatic hydroxyl groups is 1. The van der Waals surface area contributed by atoms with Gasteiger partial charge in [-0.25, -0.2) is 8.78 Å². The molecule has 4 amide bonds. The Kier molecular flexibility index (Phi) is 14.4. The summed E-state index contributed by atoms with van der Waals surface area (Å²) in [6, 6.07) is 6.51. The first-order chi connectivity index (χ1) is 22.7. The zero-order valence-electron chi connectivity index (χ0n) is 28.4. The van der Waals surface area contributed by atoms with Crippen molar-refractivity contribution in [3.63, 3.8) is 0 Å². The number of carbonyl (C=O) groups excluding carboxylic acids is 4. The van der Waals surface area contributed by atoms with Crippen molar-refractivity contribution >= 4 is 23.6 Å². The lowest BCUT2D eigenvalue weighted by Gasteiger charge is -2.35. The third-order valence-electron chi connectivity index (χ3n) is 8.65. The molecule has 13 heteroatoms. The number of hydrogen-bond donors (Lipinski definition) is 4. The average molecular weight is 675 g/mol. The Morgan fingerprint density at radius 1 is 0.938 bits per heavy atom. The number of amides is 4. The maximum atomic E-state index is 14.0. The van der Waals surface area contributed by atoms with Crippen LogP contribution in [0.2, 0.25) is 0 Å². The van der Waals surface area contributed by atoms with E-state index in [1.54, 1.807) is 47.2 Å². The number of halogens is 2. The normalized spacial score (nSPS) is 19.6. The predicted octanol–water partition coefficient (Wildman–Crippen LogP) is 2.99. The van der Waals surface area contributed by atoms with Gasteiger partial charge in [0.25, 0.3) is 11.8 Å². The zero-order chi connectivity index (χ0) is 35.5. The van der Waals surface area contributed by atoms with Crippen LogP contribution in [0.5, 0.6) is 0 Å². The molecule has 5 atom stereocenters. The maximum absolute atomic E-state index is 14.0. The van der Waals surface area contributed by atoms with Gasteiger partial charge in [-0.05, 0) is 74.4 Å². The minimum Gasteiger partial charge on any atom is -0.390 e. The molecule has 1 aliphatic rings. The quantitative estimate of drug-likeness (QED) is 0.227. The topological polar surface area (TPSA) is 146 Å². The molecule has 0 aliphatic heterocycles. The van der Waals surface area contributed by atoms with Crippen molar-refractivity contribution in [1.29, 1.82) is 0 Å². The van der Waals surface area contributed by atoms with Gasteiger partial charge in [-0.2, -0.15) is 0 Å². The number of ether oxygens (including phenoxy) is 2. The minimum atomic E-state index is -1.52. The first-order valence-electron chi connectivity index (χ1n) is 16.2. The monoisotopic (exact) mass is 674 g/mol. The number of aliphatic hydroxyl groups excluding tert-OH is 1. The summed E-state index contributed by atoms with van der Waals surface area (Å²) >= 11 is 0. The molecule has 0 aromatic heterocycles. The maximum Gasteiger partial charge on any atom is 0.253 e. The SMILES string of the molecule is CCN(C)C(=O)c1cccc(C(=O)N[C@@H](Cc2cc(F)cc(F)c2)[C@H](O)CC(=O)N[C@H](C(=O)NC2CC(OC)CC(OC)C2)C(C)C)c1.